The zero-order chi connectivity index (χ0) is 12.5. The second-order valence-electron chi connectivity index (χ2n) is 3.45. The van der Waals surface area contributed by atoms with E-state index in [0.29, 0.717) is 12.5 Å². The van der Waals surface area contributed by atoms with Crippen molar-refractivity contribution in [2.24, 2.45) is 5.92 Å². The van der Waals surface area contributed by atoms with Gasteiger partial charge in [-0.15, -0.1) is 0 Å². The van der Waals surface area contributed by atoms with E-state index in [9.17, 15) is 0 Å². The van der Waals surface area contributed by atoms with Crippen LogP contribution in [0.1, 0.15) is 66.2 Å². The van der Waals surface area contributed by atoms with E-state index >= 15 is 0 Å². The standard InChI is InChI=1S/C8H18O.C4H9.C2H5.Mg/c1-3-5-6-8(4-2)7-9;1-3-4-2;1-2;/h8-9H,3-7H2,1-2H3;1,3-4H2,2H3;1H2,2H3;/q;2*-1;+2. The fourth-order valence-corrected chi connectivity index (χ4v) is 0.917. The first-order valence-corrected chi connectivity index (χ1v) is 6.37. The fraction of sp³-hybridized carbons (Fsp3) is 0.857. The van der Waals surface area contributed by atoms with Crippen LogP contribution in [0.3, 0.4) is 0 Å². The molecule has 96 valence electrons. The Bertz CT molecular complexity index is 71.1. The van der Waals surface area contributed by atoms with Crippen molar-refractivity contribution in [3.63, 3.8) is 0 Å². The Hall–Kier alpha value is 0.726. The van der Waals surface area contributed by atoms with Crippen molar-refractivity contribution in [3.8, 4) is 0 Å². The Labute approximate surface area is 121 Å². The molecule has 0 aromatic carbocycles. The van der Waals surface area contributed by atoms with Crippen molar-refractivity contribution in [2.45, 2.75) is 66.2 Å². The number of rotatable bonds is 6. The second-order valence-corrected chi connectivity index (χ2v) is 3.45. The molecule has 0 fully saturated rings. The van der Waals surface area contributed by atoms with Gasteiger partial charge in [-0.1, -0.05) is 46.5 Å². The summed E-state index contributed by atoms with van der Waals surface area (Å²) in [4.78, 5) is 0. The molecule has 0 saturated heterocycles. The smallest absolute Gasteiger partial charge is 0.396 e. The molecule has 0 saturated carbocycles. The molecule has 1 nitrogen and oxygen atoms in total. The number of aliphatic hydroxyl groups is 1. The van der Waals surface area contributed by atoms with Gasteiger partial charge in [-0.25, -0.2) is 0 Å². The molecule has 1 unspecified atom stereocenters. The summed E-state index contributed by atoms with van der Waals surface area (Å²) in [7, 11) is 0. The van der Waals surface area contributed by atoms with Crippen LogP contribution in [0.25, 0.3) is 0 Å². The van der Waals surface area contributed by atoms with Crippen LogP contribution < -0.4 is 0 Å². The van der Waals surface area contributed by atoms with Gasteiger partial charge in [-0.2, -0.15) is 13.3 Å². The maximum absolute atomic E-state index is 8.75. The Morgan fingerprint density at radius 2 is 1.50 bits per heavy atom. The quantitative estimate of drug-likeness (QED) is 0.543. The van der Waals surface area contributed by atoms with Gasteiger partial charge in [0.25, 0.3) is 0 Å². The summed E-state index contributed by atoms with van der Waals surface area (Å²) >= 11 is 0. The van der Waals surface area contributed by atoms with Crippen molar-refractivity contribution in [1.29, 1.82) is 0 Å². The van der Waals surface area contributed by atoms with Crippen LogP contribution in [0.4, 0.5) is 0 Å². The Morgan fingerprint density at radius 3 is 1.69 bits per heavy atom. The number of aliphatic hydroxyl groups excluding tert-OH is 1. The number of hydrogen-bond acceptors (Lipinski definition) is 1. The molecule has 0 aliphatic rings. The molecule has 0 aromatic heterocycles. The van der Waals surface area contributed by atoms with Gasteiger partial charge in [0, 0.05) is 6.61 Å². The van der Waals surface area contributed by atoms with Crippen molar-refractivity contribution in [2.75, 3.05) is 6.61 Å². The molecule has 16 heavy (non-hydrogen) atoms. The largest absolute Gasteiger partial charge is 2.00 e. The molecule has 0 radical (unpaired) electrons. The minimum Gasteiger partial charge on any atom is -0.396 e. The first kappa shape index (κ1) is 25.5. The van der Waals surface area contributed by atoms with Crippen LogP contribution in [0.2, 0.25) is 0 Å². The van der Waals surface area contributed by atoms with Gasteiger partial charge >= 0.3 is 23.1 Å². The summed E-state index contributed by atoms with van der Waals surface area (Å²) in [6.07, 6.45) is 7.11. The molecule has 0 heterocycles. The van der Waals surface area contributed by atoms with E-state index in [4.69, 9.17) is 5.11 Å². The molecule has 0 aliphatic heterocycles. The van der Waals surface area contributed by atoms with E-state index in [2.05, 4.69) is 34.6 Å². The fourth-order valence-electron chi connectivity index (χ4n) is 0.917. The molecule has 0 rings (SSSR count). The van der Waals surface area contributed by atoms with Crippen LogP contribution in [0, 0.1) is 19.8 Å². The third-order valence-electron chi connectivity index (χ3n) is 2.16. The summed E-state index contributed by atoms with van der Waals surface area (Å²) in [6.45, 7) is 15.4. The van der Waals surface area contributed by atoms with Crippen LogP contribution in [-0.2, 0) is 0 Å². The first-order chi connectivity index (χ1) is 7.26. The monoisotopic (exact) mass is 240 g/mol. The van der Waals surface area contributed by atoms with Crippen molar-refractivity contribution >= 4 is 23.1 Å². The van der Waals surface area contributed by atoms with Gasteiger partial charge in [-0.3, -0.25) is 0 Å². The number of unbranched alkanes of at least 4 members (excludes halogenated alkanes) is 2. The Balaban J connectivity index is -0.0000000879. The second kappa shape index (κ2) is 29.6. The predicted molar refractivity (Wildman–Crippen MR) is 77.4 cm³/mol. The van der Waals surface area contributed by atoms with Gasteiger partial charge in [0.15, 0.2) is 0 Å². The topological polar surface area (TPSA) is 20.2 Å². The third-order valence-corrected chi connectivity index (χ3v) is 2.16. The molecule has 1 atom stereocenters. The molecule has 0 amide bonds. The zero-order valence-corrected chi connectivity index (χ0v) is 13.5. The molecular weight excluding hydrogens is 208 g/mol. The maximum Gasteiger partial charge on any atom is 2.00 e. The normalized spacial score (nSPS) is 9.94. The molecule has 0 spiro atoms. The molecule has 2 heteroatoms. The van der Waals surface area contributed by atoms with Gasteiger partial charge < -0.3 is 19.0 Å². The molecule has 0 aromatic rings. The summed E-state index contributed by atoms with van der Waals surface area (Å²) in [6, 6.07) is 0. The van der Waals surface area contributed by atoms with E-state index in [-0.39, 0.29) is 23.1 Å². The minimum atomic E-state index is 0. The average Bonchev–Trinajstić information content (AvgIpc) is 2.33. The summed E-state index contributed by atoms with van der Waals surface area (Å²) in [5.74, 6) is 0.560. The minimum absolute atomic E-state index is 0. The molecule has 0 aliphatic carbocycles. The first-order valence-electron chi connectivity index (χ1n) is 6.37. The SMILES string of the molecule is CCCCC(CC)CO.[CH2-]C.[CH2-]CCC.[Mg+2]. The third kappa shape index (κ3) is 29.3. The van der Waals surface area contributed by atoms with E-state index in [0.717, 1.165) is 12.8 Å². The van der Waals surface area contributed by atoms with E-state index < -0.39 is 0 Å². The average molecular weight is 241 g/mol. The summed E-state index contributed by atoms with van der Waals surface area (Å²) in [5, 5.41) is 8.75. The van der Waals surface area contributed by atoms with E-state index in [1.807, 2.05) is 0 Å². The zero-order valence-electron chi connectivity index (χ0n) is 12.1. The Kier molecular flexibility index (Phi) is 47.3. The summed E-state index contributed by atoms with van der Waals surface area (Å²) in [5.41, 5.74) is 0. The van der Waals surface area contributed by atoms with Gasteiger partial charge in [-0.05, 0) is 12.3 Å². The number of hydrogen-bond donors (Lipinski definition) is 1. The van der Waals surface area contributed by atoms with Crippen molar-refractivity contribution in [3.05, 3.63) is 13.8 Å². The van der Waals surface area contributed by atoms with Crippen LogP contribution >= 0.6 is 0 Å². The molecule has 0 bridgehead atoms. The van der Waals surface area contributed by atoms with Crippen molar-refractivity contribution < 1.29 is 5.11 Å². The van der Waals surface area contributed by atoms with Crippen LogP contribution in [0.5, 0.6) is 0 Å². The maximum atomic E-state index is 8.75. The van der Waals surface area contributed by atoms with Gasteiger partial charge in [0.2, 0.25) is 0 Å². The van der Waals surface area contributed by atoms with E-state index in [1.165, 1.54) is 25.7 Å². The Morgan fingerprint density at radius 1 is 1.06 bits per heavy atom. The van der Waals surface area contributed by atoms with E-state index in [1.54, 1.807) is 6.92 Å². The van der Waals surface area contributed by atoms with Crippen LogP contribution in [-0.4, -0.2) is 34.8 Å². The summed E-state index contributed by atoms with van der Waals surface area (Å²) < 4.78 is 0. The van der Waals surface area contributed by atoms with Crippen molar-refractivity contribution in [1.82, 2.24) is 0 Å². The van der Waals surface area contributed by atoms with Crippen LogP contribution in [0.15, 0.2) is 0 Å². The van der Waals surface area contributed by atoms with Gasteiger partial charge in [0.05, 0.1) is 0 Å². The molecular formula is C14H32MgO. The predicted octanol–water partition coefficient (Wildman–Crippen LogP) is 4.28. The van der Waals surface area contributed by atoms with Gasteiger partial charge in [0.1, 0.15) is 0 Å². The molecule has 1 N–H and O–H groups in total.